The summed E-state index contributed by atoms with van der Waals surface area (Å²) in [4.78, 5) is 2.86. The van der Waals surface area contributed by atoms with Gasteiger partial charge in [-0.05, 0) is 53.6 Å². The van der Waals surface area contributed by atoms with Crippen LogP contribution in [-0.2, 0) is 5.54 Å². The average molecular weight is 288 g/mol. The summed E-state index contributed by atoms with van der Waals surface area (Å²) in [5.74, 6) is 0.695. The first kappa shape index (κ1) is 11.6. The lowest BCUT2D eigenvalue weighted by atomic mass is 10.0. The third-order valence-electron chi connectivity index (χ3n) is 3.35. The van der Waals surface area contributed by atoms with Crippen molar-refractivity contribution in [2.75, 3.05) is 0 Å². The van der Waals surface area contributed by atoms with Gasteiger partial charge in [0.1, 0.15) is 0 Å². The van der Waals surface area contributed by atoms with Crippen molar-refractivity contribution in [3.05, 3.63) is 20.3 Å². The van der Waals surface area contributed by atoms with E-state index in [-0.39, 0.29) is 5.54 Å². The fraction of sp³-hybridized carbons (Fsp3) is 0.667. The van der Waals surface area contributed by atoms with Gasteiger partial charge in [0.2, 0.25) is 0 Å². The molecule has 0 bridgehead atoms. The molecule has 2 N–H and O–H groups in total. The maximum absolute atomic E-state index is 6.22. The molecule has 0 radical (unpaired) electrons. The van der Waals surface area contributed by atoms with Gasteiger partial charge in [0, 0.05) is 14.2 Å². The molecular weight excluding hydrogens is 270 g/mol. The Morgan fingerprint density at radius 1 is 1.47 bits per heavy atom. The maximum atomic E-state index is 6.22. The predicted octanol–water partition coefficient (Wildman–Crippen LogP) is 4.36. The maximum Gasteiger partial charge on any atom is 0.0505 e. The molecule has 0 saturated heterocycles. The molecule has 1 aliphatic carbocycles. The Balaban J connectivity index is 2.28. The second kappa shape index (κ2) is 4.19. The van der Waals surface area contributed by atoms with E-state index in [4.69, 9.17) is 5.73 Å². The van der Waals surface area contributed by atoms with Crippen molar-refractivity contribution in [2.45, 2.75) is 51.0 Å². The van der Waals surface area contributed by atoms with E-state index in [9.17, 15) is 0 Å². The first-order chi connectivity index (χ1) is 7.10. The summed E-state index contributed by atoms with van der Waals surface area (Å²) in [5.41, 5.74) is 6.25. The highest BCUT2D eigenvalue weighted by atomic mass is 79.9. The van der Waals surface area contributed by atoms with Gasteiger partial charge in [-0.25, -0.2) is 0 Å². The zero-order valence-corrected chi connectivity index (χ0v) is 11.7. The van der Waals surface area contributed by atoms with Gasteiger partial charge in [0.15, 0.2) is 0 Å². The highest BCUT2D eigenvalue weighted by molar-refractivity contribution is 9.10. The molecule has 0 aromatic carbocycles. The average Bonchev–Trinajstić information content (AvgIpc) is 2.84. The Morgan fingerprint density at radius 3 is 2.53 bits per heavy atom. The molecule has 84 valence electrons. The number of hydrogen-bond donors (Lipinski definition) is 1. The first-order valence-corrected chi connectivity index (χ1v) is 7.30. The van der Waals surface area contributed by atoms with Gasteiger partial charge in [-0.15, -0.1) is 11.3 Å². The lowest BCUT2D eigenvalue weighted by molar-refractivity contribution is 0.651. The molecule has 15 heavy (non-hydrogen) atoms. The molecule has 1 nitrogen and oxygen atoms in total. The molecule has 1 fully saturated rings. The third kappa shape index (κ3) is 2.15. The summed E-state index contributed by atoms with van der Waals surface area (Å²) in [6.07, 6.45) is 4.74. The summed E-state index contributed by atoms with van der Waals surface area (Å²) in [6, 6.07) is 2.24. The number of nitrogens with two attached hydrogens (primary N) is 1. The summed E-state index contributed by atoms with van der Waals surface area (Å²) in [7, 11) is 0. The van der Waals surface area contributed by atoms with Crippen molar-refractivity contribution < 1.29 is 0 Å². The smallest absolute Gasteiger partial charge is 0.0505 e. The minimum Gasteiger partial charge on any atom is -0.321 e. The van der Waals surface area contributed by atoms with E-state index in [2.05, 4.69) is 35.8 Å². The van der Waals surface area contributed by atoms with Crippen LogP contribution in [0.1, 0.15) is 55.2 Å². The monoisotopic (exact) mass is 287 g/mol. The summed E-state index contributed by atoms with van der Waals surface area (Å²) < 4.78 is 1.27. The standard InChI is InChI=1S/C12H18BrNS/c1-3-8(4-2)11-9(13)7-10(15-11)12(14)5-6-12/h7-8H,3-6,14H2,1-2H3. The van der Waals surface area contributed by atoms with E-state index in [0.29, 0.717) is 5.92 Å². The largest absolute Gasteiger partial charge is 0.321 e. The van der Waals surface area contributed by atoms with Crippen molar-refractivity contribution in [3.8, 4) is 0 Å². The molecule has 1 aromatic heterocycles. The van der Waals surface area contributed by atoms with Crippen molar-refractivity contribution >= 4 is 27.3 Å². The topological polar surface area (TPSA) is 26.0 Å². The summed E-state index contributed by atoms with van der Waals surface area (Å²) in [5, 5.41) is 0. The van der Waals surface area contributed by atoms with Crippen molar-refractivity contribution in [1.29, 1.82) is 0 Å². The Hall–Kier alpha value is 0.140. The van der Waals surface area contributed by atoms with Gasteiger partial charge in [-0.1, -0.05) is 13.8 Å². The predicted molar refractivity (Wildman–Crippen MR) is 70.4 cm³/mol. The fourth-order valence-corrected chi connectivity index (χ4v) is 4.37. The van der Waals surface area contributed by atoms with Crippen LogP contribution in [0.3, 0.4) is 0 Å². The van der Waals surface area contributed by atoms with Gasteiger partial charge in [0.05, 0.1) is 5.54 Å². The van der Waals surface area contributed by atoms with Crippen LogP contribution in [0.2, 0.25) is 0 Å². The molecule has 0 spiro atoms. The highest BCUT2D eigenvalue weighted by Crippen LogP contribution is 2.49. The van der Waals surface area contributed by atoms with Crippen LogP contribution in [0.4, 0.5) is 0 Å². The molecule has 1 heterocycles. The number of rotatable bonds is 4. The Morgan fingerprint density at radius 2 is 2.07 bits per heavy atom. The molecule has 0 atom stereocenters. The minimum absolute atomic E-state index is 0.0253. The molecular formula is C12H18BrNS. The fourth-order valence-electron chi connectivity index (χ4n) is 1.95. The Kier molecular flexibility index (Phi) is 3.25. The van der Waals surface area contributed by atoms with Crippen molar-refractivity contribution in [3.63, 3.8) is 0 Å². The SMILES string of the molecule is CCC(CC)c1sc(C2(N)CC2)cc1Br. The lowest BCUT2D eigenvalue weighted by Crippen LogP contribution is -2.16. The minimum atomic E-state index is 0.0253. The number of hydrogen-bond acceptors (Lipinski definition) is 2. The Labute approximate surface area is 104 Å². The van der Waals surface area contributed by atoms with Gasteiger partial charge in [-0.2, -0.15) is 0 Å². The molecule has 3 heteroatoms. The number of thiophene rings is 1. The molecule has 0 unspecified atom stereocenters. The molecule has 1 saturated carbocycles. The summed E-state index contributed by atoms with van der Waals surface area (Å²) >= 11 is 5.59. The van der Waals surface area contributed by atoms with Crippen LogP contribution in [-0.4, -0.2) is 0 Å². The van der Waals surface area contributed by atoms with E-state index in [1.807, 2.05) is 11.3 Å². The van der Waals surface area contributed by atoms with Crippen LogP contribution in [0.5, 0.6) is 0 Å². The molecule has 1 aliphatic rings. The van der Waals surface area contributed by atoms with Crippen molar-refractivity contribution in [2.24, 2.45) is 5.73 Å². The van der Waals surface area contributed by atoms with E-state index >= 15 is 0 Å². The number of halogens is 1. The normalized spacial score (nSPS) is 18.5. The zero-order valence-electron chi connectivity index (χ0n) is 9.35. The second-order valence-corrected chi connectivity index (χ2v) is 6.43. The highest BCUT2D eigenvalue weighted by Gasteiger charge is 2.42. The second-order valence-electron chi connectivity index (χ2n) is 4.49. The van der Waals surface area contributed by atoms with Crippen LogP contribution in [0.25, 0.3) is 0 Å². The molecule has 2 rings (SSSR count). The molecule has 0 aliphatic heterocycles. The zero-order chi connectivity index (χ0) is 11.1. The van der Waals surface area contributed by atoms with Gasteiger partial charge >= 0.3 is 0 Å². The first-order valence-electron chi connectivity index (χ1n) is 5.69. The van der Waals surface area contributed by atoms with E-state index in [1.54, 1.807) is 0 Å². The van der Waals surface area contributed by atoms with Crippen molar-refractivity contribution in [1.82, 2.24) is 0 Å². The quantitative estimate of drug-likeness (QED) is 0.875. The van der Waals surface area contributed by atoms with E-state index in [1.165, 1.54) is 27.1 Å². The van der Waals surface area contributed by atoms with Crippen LogP contribution in [0, 0.1) is 0 Å². The molecule has 1 aromatic rings. The lowest BCUT2D eigenvalue weighted by Gasteiger charge is -2.10. The van der Waals surface area contributed by atoms with E-state index in [0.717, 1.165) is 12.8 Å². The van der Waals surface area contributed by atoms with Gasteiger partial charge in [0.25, 0.3) is 0 Å². The van der Waals surface area contributed by atoms with Gasteiger partial charge in [-0.3, -0.25) is 0 Å². The van der Waals surface area contributed by atoms with E-state index < -0.39 is 0 Å². The van der Waals surface area contributed by atoms with Gasteiger partial charge < -0.3 is 5.73 Å². The van der Waals surface area contributed by atoms with Crippen LogP contribution >= 0.6 is 27.3 Å². The third-order valence-corrected chi connectivity index (χ3v) is 5.78. The summed E-state index contributed by atoms with van der Waals surface area (Å²) in [6.45, 7) is 4.52. The molecule has 0 amide bonds. The van der Waals surface area contributed by atoms with Crippen LogP contribution in [0.15, 0.2) is 10.5 Å². The van der Waals surface area contributed by atoms with Crippen LogP contribution < -0.4 is 5.73 Å². The Bertz CT molecular complexity index is 351.